The van der Waals surface area contributed by atoms with Crippen molar-refractivity contribution in [2.24, 2.45) is 0 Å². The first kappa shape index (κ1) is 24.2. The van der Waals surface area contributed by atoms with Crippen LogP contribution in [0.3, 0.4) is 0 Å². The van der Waals surface area contributed by atoms with E-state index < -0.39 is 0 Å². The summed E-state index contributed by atoms with van der Waals surface area (Å²) in [5, 5.41) is 5.94. The third-order valence-corrected chi connectivity index (χ3v) is 7.86. The van der Waals surface area contributed by atoms with Gasteiger partial charge in [0, 0.05) is 16.1 Å². The predicted octanol–water partition coefficient (Wildman–Crippen LogP) is 5.62. The van der Waals surface area contributed by atoms with Crippen LogP contribution in [0.15, 0.2) is 30.5 Å². The lowest BCUT2D eigenvalue weighted by Gasteiger charge is -2.33. The van der Waals surface area contributed by atoms with E-state index in [9.17, 15) is 4.79 Å². The maximum atomic E-state index is 12.2. The van der Waals surface area contributed by atoms with E-state index in [1.807, 2.05) is 36.9 Å². The zero-order valence-corrected chi connectivity index (χ0v) is 21.7. The smallest absolute Gasteiger partial charge is 0.323 e. The van der Waals surface area contributed by atoms with Gasteiger partial charge in [-0.3, -0.25) is 9.69 Å². The van der Waals surface area contributed by atoms with Gasteiger partial charge in [-0.25, -0.2) is 14.6 Å². The summed E-state index contributed by atoms with van der Waals surface area (Å²) in [5.74, 6) is -0.118. The number of hydrogen-bond acceptors (Lipinski definition) is 6. The summed E-state index contributed by atoms with van der Waals surface area (Å²) >= 11 is 12.6. The molecule has 1 fully saturated rings. The van der Waals surface area contributed by atoms with Crippen LogP contribution < -0.4 is 0 Å². The lowest BCUT2D eigenvalue weighted by molar-refractivity contribution is -0.146. The number of methoxy groups -OCH3 is 1. The van der Waals surface area contributed by atoms with E-state index in [0.29, 0.717) is 16.1 Å². The number of carbonyl (C=O) groups excluding carboxylic acids is 1. The molecule has 0 amide bonds. The molecule has 3 unspecified atom stereocenters. The molecule has 1 aliphatic heterocycles. The van der Waals surface area contributed by atoms with Gasteiger partial charge in [0.1, 0.15) is 11.6 Å². The van der Waals surface area contributed by atoms with Gasteiger partial charge in [0.05, 0.1) is 30.7 Å². The van der Waals surface area contributed by atoms with E-state index in [1.54, 1.807) is 6.07 Å². The summed E-state index contributed by atoms with van der Waals surface area (Å²) in [4.78, 5) is 24.2. The van der Waals surface area contributed by atoms with Crippen molar-refractivity contribution >= 4 is 45.9 Å². The molecule has 2 aromatic heterocycles. The number of halogens is 2. The van der Waals surface area contributed by atoms with E-state index in [4.69, 9.17) is 43.0 Å². The number of hydrogen-bond donors (Lipinski definition) is 0. The summed E-state index contributed by atoms with van der Waals surface area (Å²) in [6, 6.07) is 5.62. The fourth-order valence-corrected chi connectivity index (χ4v) is 5.98. The SMILES string of the molecule is COC(=O)C1CCCN1C1CC=C(c2cnc3c(C)nn(C(C)c4ccc(Cl)cc4Cl)c3n2)CC1. The molecule has 1 aliphatic carbocycles. The number of nitrogens with zero attached hydrogens (tertiary/aromatic N) is 5. The van der Waals surface area contributed by atoms with Gasteiger partial charge >= 0.3 is 5.97 Å². The number of ether oxygens (including phenoxy) is 1. The topological polar surface area (TPSA) is 73.1 Å². The zero-order valence-electron chi connectivity index (χ0n) is 20.2. The monoisotopic (exact) mass is 513 g/mol. The first-order valence-electron chi connectivity index (χ1n) is 12.1. The van der Waals surface area contributed by atoms with Crippen molar-refractivity contribution in [2.75, 3.05) is 13.7 Å². The maximum Gasteiger partial charge on any atom is 0.323 e. The van der Waals surface area contributed by atoms with E-state index >= 15 is 0 Å². The van der Waals surface area contributed by atoms with Crippen molar-refractivity contribution in [3.63, 3.8) is 0 Å². The molecule has 0 radical (unpaired) electrons. The second-order valence-electron chi connectivity index (χ2n) is 9.38. The average Bonchev–Trinajstić information content (AvgIpc) is 3.48. The van der Waals surface area contributed by atoms with Crippen LogP contribution in [0, 0.1) is 6.92 Å². The van der Waals surface area contributed by atoms with Gasteiger partial charge in [-0.2, -0.15) is 5.10 Å². The number of likely N-dealkylation sites (tertiary alicyclic amines) is 1. The third kappa shape index (κ3) is 4.57. The number of rotatable bonds is 5. The molecule has 1 saturated heterocycles. The summed E-state index contributed by atoms with van der Waals surface area (Å²) < 4.78 is 6.92. The van der Waals surface area contributed by atoms with E-state index in [2.05, 4.69) is 11.0 Å². The van der Waals surface area contributed by atoms with Crippen molar-refractivity contribution in [1.82, 2.24) is 24.6 Å². The van der Waals surface area contributed by atoms with Gasteiger partial charge in [0.2, 0.25) is 0 Å². The van der Waals surface area contributed by atoms with Gasteiger partial charge in [-0.05, 0) is 75.8 Å². The van der Waals surface area contributed by atoms with Crippen molar-refractivity contribution in [3.8, 4) is 0 Å². The van der Waals surface area contributed by atoms with Crippen LogP contribution >= 0.6 is 23.2 Å². The van der Waals surface area contributed by atoms with Gasteiger partial charge in [-0.15, -0.1) is 0 Å². The first-order valence-corrected chi connectivity index (χ1v) is 12.8. The van der Waals surface area contributed by atoms with Crippen LogP contribution in [0.25, 0.3) is 16.7 Å². The highest BCUT2D eigenvalue weighted by molar-refractivity contribution is 6.35. The number of esters is 1. The van der Waals surface area contributed by atoms with E-state index in [-0.39, 0.29) is 18.1 Å². The molecule has 0 spiro atoms. The Morgan fingerprint density at radius 1 is 1.26 bits per heavy atom. The minimum absolute atomic E-state index is 0.116. The molecule has 2 aliphatic rings. The van der Waals surface area contributed by atoms with Gasteiger partial charge in [-0.1, -0.05) is 35.3 Å². The molecule has 3 aromatic rings. The number of allylic oxidation sites excluding steroid dienone is 1. The van der Waals surface area contributed by atoms with Crippen molar-refractivity contribution in [3.05, 3.63) is 57.5 Å². The summed E-state index contributed by atoms with van der Waals surface area (Å²) in [5.41, 5.74) is 5.35. The molecule has 7 nitrogen and oxygen atoms in total. The van der Waals surface area contributed by atoms with Gasteiger partial charge in [0.15, 0.2) is 5.65 Å². The number of benzene rings is 1. The van der Waals surface area contributed by atoms with Crippen LogP contribution in [-0.2, 0) is 9.53 Å². The Balaban J connectivity index is 1.42. The summed E-state index contributed by atoms with van der Waals surface area (Å²) in [6.45, 7) is 4.94. The first-order chi connectivity index (χ1) is 16.9. The Morgan fingerprint density at radius 2 is 2.09 bits per heavy atom. The van der Waals surface area contributed by atoms with E-state index in [0.717, 1.165) is 66.8 Å². The Labute approximate surface area is 215 Å². The minimum atomic E-state index is -0.129. The number of aryl methyl sites for hydroxylation is 1. The maximum absolute atomic E-state index is 12.2. The van der Waals surface area contributed by atoms with Gasteiger partial charge in [0.25, 0.3) is 0 Å². The average molecular weight is 514 g/mol. The lowest BCUT2D eigenvalue weighted by atomic mass is 9.92. The van der Waals surface area contributed by atoms with Crippen molar-refractivity contribution < 1.29 is 9.53 Å². The standard InChI is InChI=1S/C26H29Cl2N5O2/c1-15-24-25(33(31-15)16(2)20-11-8-18(27)13-21(20)28)30-22(14-29-24)17-6-9-19(10-7-17)32-12-4-5-23(32)26(34)35-3/h6,8,11,13-14,16,19,23H,4-5,7,9-10,12H2,1-3H3. The second-order valence-corrected chi connectivity index (χ2v) is 10.2. The number of carbonyl (C=O) groups is 1. The molecular weight excluding hydrogens is 485 g/mol. The van der Waals surface area contributed by atoms with Crippen LogP contribution in [0.4, 0.5) is 0 Å². The largest absolute Gasteiger partial charge is 0.468 e. The Hall–Kier alpha value is -2.48. The zero-order chi connectivity index (χ0) is 24.7. The lowest BCUT2D eigenvalue weighted by Crippen LogP contribution is -2.44. The molecule has 0 bridgehead atoms. The van der Waals surface area contributed by atoms with Crippen LogP contribution in [0.2, 0.25) is 10.0 Å². The van der Waals surface area contributed by atoms with Crippen LogP contribution in [-0.4, -0.2) is 56.4 Å². The van der Waals surface area contributed by atoms with Gasteiger partial charge < -0.3 is 4.74 Å². The Morgan fingerprint density at radius 3 is 2.80 bits per heavy atom. The number of fused-ring (bicyclic) bond motifs is 1. The predicted molar refractivity (Wildman–Crippen MR) is 138 cm³/mol. The normalized spacial score (nSPS) is 21.8. The molecule has 9 heteroatoms. The highest BCUT2D eigenvalue weighted by Gasteiger charge is 2.36. The van der Waals surface area contributed by atoms with Crippen LogP contribution in [0.1, 0.15) is 62.0 Å². The highest BCUT2D eigenvalue weighted by Crippen LogP contribution is 2.34. The molecule has 35 heavy (non-hydrogen) atoms. The van der Waals surface area contributed by atoms with E-state index in [1.165, 1.54) is 12.7 Å². The highest BCUT2D eigenvalue weighted by atomic mass is 35.5. The fraction of sp³-hybridized carbons (Fsp3) is 0.462. The molecular formula is C26H29Cl2N5O2. The molecule has 184 valence electrons. The van der Waals surface area contributed by atoms with Crippen molar-refractivity contribution in [1.29, 1.82) is 0 Å². The fourth-order valence-electron chi connectivity index (χ4n) is 5.42. The quantitative estimate of drug-likeness (QED) is 0.412. The minimum Gasteiger partial charge on any atom is -0.468 e. The third-order valence-electron chi connectivity index (χ3n) is 7.30. The molecule has 1 aromatic carbocycles. The summed E-state index contributed by atoms with van der Waals surface area (Å²) in [7, 11) is 1.47. The molecule has 0 saturated carbocycles. The van der Waals surface area contributed by atoms with Crippen molar-refractivity contribution in [2.45, 2.75) is 64.1 Å². The molecule has 0 N–H and O–H groups in total. The second kappa shape index (κ2) is 9.88. The Kier molecular flexibility index (Phi) is 6.84. The molecule has 3 heterocycles. The molecule has 3 atom stereocenters. The summed E-state index contributed by atoms with van der Waals surface area (Å²) in [6.07, 6.45) is 8.77. The molecule has 5 rings (SSSR count). The number of aromatic nitrogens is 4. The Bertz CT molecular complexity index is 1300. The van der Waals surface area contributed by atoms with Crippen LogP contribution in [0.5, 0.6) is 0 Å².